The molecule has 0 bridgehead atoms. The number of hydrazone groups is 1. The van der Waals surface area contributed by atoms with Crippen molar-refractivity contribution in [3.63, 3.8) is 0 Å². The predicted octanol–water partition coefficient (Wildman–Crippen LogP) is 3.39. The number of hydrogen-bond acceptors (Lipinski definition) is 6. The monoisotopic (exact) mass is 491 g/mol. The van der Waals surface area contributed by atoms with Crippen LogP contribution in [0, 0.1) is 11.6 Å². The molecule has 6 nitrogen and oxygen atoms in total. The zero-order valence-corrected chi connectivity index (χ0v) is 16.9. The van der Waals surface area contributed by atoms with Crippen LogP contribution in [0.3, 0.4) is 0 Å². The maximum Gasteiger partial charge on any atom is 0.332 e. The fraction of sp³-hybridized carbons (Fsp3) is 0.176. The molecule has 154 valence electrons. The molecular weight excluding hydrogens is 478 g/mol. The van der Waals surface area contributed by atoms with Crippen LogP contribution in [0.1, 0.15) is 10.6 Å². The Morgan fingerprint density at radius 1 is 1.24 bits per heavy atom. The number of hydrazine groups is 1. The van der Waals surface area contributed by atoms with Crippen molar-refractivity contribution in [1.82, 2.24) is 9.99 Å². The molecule has 0 amide bonds. The molecule has 0 spiro atoms. The largest absolute Gasteiger partial charge is 0.377 e. The molecule has 29 heavy (non-hydrogen) atoms. The first-order valence-corrected chi connectivity index (χ1v) is 9.56. The third kappa shape index (κ3) is 3.92. The van der Waals surface area contributed by atoms with E-state index < -0.39 is 40.3 Å². The lowest BCUT2D eigenvalue weighted by molar-refractivity contribution is -0.201. The average molecular weight is 492 g/mol. The third-order valence-electron chi connectivity index (χ3n) is 4.14. The predicted molar refractivity (Wildman–Crippen MR) is 105 cm³/mol. The third-order valence-corrected chi connectivity index (χ3v) is 5.72. The number of hydrogen-bond donors (Lipinski definition) is 3. The van der Waals surface area contributed by atoms with Crippen LogP contribution in [0.4, 0.5) is 17.6 Å². The molecule has 2 aromatic carbocycles. The summed E-state index contributed by atoms with van der Waals surface area (Å²) < 4.78 is 60.0. The molecule has 3 aromatic rings. The second-order valence-electron chi connectivity index (χ2n) is 6.13. The Kier molecular flexibility index (Phi) is 5.81. The molecule has 1 unspecified atom stereocenters. The molecule has 5 N–H and O–H groups in total. The van der Waals surface area contributed by atoms with E-state index in [9.17, 15) is 13.9 Å². The molecule has 0 aliphatic heterocycles. The zero-order valence-electron chi connectivity index (χ0n) is 14.5. The van der Waals surface area contributed by atoms with Gasteiger partial charge < -0.3 is 10.9 Å². The summed E-state index contributed by atoms with van der Waals surface area (Å²) in [5, 5.41) is 13.9. The Labute approximate surface area is 174 Å². The van der Waals surface area contributed by atoms with Gasteiger partial charge in [0.05, 0.1) is 16.8 Å². The summed E-state index contributed by atoms with van der Waals surface area (Å²) in [6.07, 6.45) is 0.776. The van der Waals surface area contributed by atoms with E-state index >= 15 is 8.78 Å². The highest BCUT2D eigenvalue weighted by molar-refractivity contribution is 9.10. The summed E-state index contributed by atoms with van der Waals surface area (Å²) in [4.78, 5) is 3.89. The van der Waals surface area contributed by atoms with Crippen LogP contribution in [0.15, 0.2) is 46.0 Å². The van der Waals surface area contributed by atoms with Gasteiger partial charge >= 0.3 is 5.92 Å². The SMILES string of the molecule is N/N=C\N(N)CC(O)(c1ccc(F)cc1F)C(F)(F)c1nc2ccc(Br)cc2s1. The fourth-order valence-corrected chi connectivity index (χ4v) is 4.34. The molecule has 1 atom stereocenters. The molecule has 0 radical (unpaired) electrons. The van der Waals surface area contributed by atoms with Gasteiger partial charge in [-0.2, -0.15) is 13.9 Å². The van der Waals surface area contributed by atoms with Crippen LogP contribution in [0.5, 0.6) is 0 Å². The number of aliphatic hydroxyl groups is 1. The topological polar surface area (TPSA) is 101 Å². The number of rotatable bonds is 6. The standard InChI is InChI=1S/C17H14BrF4N5OS/c18-9-1-4-13-14(5-9)29-15(26-13)17(21,22)16(28,7-27(24)8-25-23)11-3-2-10(19)6-12(11)20/h1-6,8,28H,7,23-24H2/b25-8-. The average Bonchev–Trinajstić information content (AvgIpc) is 3.05. The van der Waals surface area contributed by atoms with Crippen LogP contribution in [0.2, 0.25) is 0 Å². The van der Waals surface area contributed by atoms with E-state index in [1.807, 2.05) is 0 Å². The lowest BCUT2D eigenvalue weighted by Crippen LogP contribution is -2.53. The van der Waals surface area contributed by atoms with Crippen molar-refractivity contribution < 1.29 is 22.7 Å². The van der Waals surface area contributed by atoms with Gasteiger partial charge in [-0.3, -0.25) is 5.01 Å². The number of thiazole rings is 1. The Bertz CT molecular complexity index is 1080. The second kappa shape index (κ2) is 7.86. The molecule has 0 saturated heterocycles. The van der Waals surface area contributed by atoms with Gasteiger partial charge in [0.15, 0.2) is 10.6 Å². The number of benzene rings is 2. The van der Waals surface area contributed by atoms with Gasteiger partial charge in [-0.25, -0.2) is 19.6 Å². The van der Waals surface area contributed by atoms with Gasteiger partial charge in [0.25, 0.3) is 0 Å². The van der Waals surface area contributed by atoms with Gasteiger partial charge in [0, 0.05) is 16.1 Å². The van der Waals surface area contributed by atoms with E-state index in [4.69, 9.17) is 11.7 Å². The number of nitrogens with zero attached hydrogens (tertiary/aromatic N) is 3. The minimum absolute atomic E-state index is 0.267. The summed E-state index contributed by atoms with van der Waals surface area (Å²) >= 11 is 3.87. The molecular formula is C17H14BrF4N5OS. The summed E-state index contributed by atoms with van der Waals surface area (Å²) in [6.45, 7) is -1.01. The zero-order chi connectivity index (χ0) is 21.4. The molecule has 1 aromatic heterocycles. The summed E-state index contributed by atoms with van der Waals surface area (Å²) in [7, 11) is 0. The highest BCUT2D eigenvalue weighted by Crippen LogP contribution is 2.48. The number of halogens is 5. The molecule has 0 saturated carbocycles. The van der Waals surface area contributed by atoms with E-state index in [-0.39, 0.29) is 5.52 Å². The normalized spacial score (nSPS) is 14.4. The van der Waals surface area contributed by atoms with E-state index in [0.717, 1.165) is 18.5 Å². The van der Waals surface area contributed by atoms with Crippen LogP contribution in [-0.4, -0.2) is 28.0 Å². The van der Waals surface area contributed by atoms with Crippen LogP contribution >= 0.6 is 27.3 Å². The van der Waals surface area contributed by atoms with Gasteiger partial charge in [0.2, 0.25) is 0 Å². The second-order valence-corrected chi connectivity index (χ2v) is 8.07. The van der Waals surface area contributed by atoms with Crippen molar-refractivity contribution in [1.29, 1.82) is 0 Å². The first-order valence-electron chi connectivity index (χ1n) is 7.95. The summed E-state index contributed by atoms with van der Waals surface area (Å²) in [5.41, 5.74) is -3.81. The van der Waals surface area contributed by atoms with Gasteiger partial charge in [-0.15, -0.1) is 11.3 Å². The first-order chi connectivity index (χ1) is 13.6. The lowest BCUT2D eigenvalue weighted by atomic mass is 9.86. The van der Waals surface area contributed by atoms with E-state index in [1.165, 1.54) is 6.07 Å². The van der Waals surface area contributed by atoms with Gasteiger partial charge in [-0.05, 0) is 30.3 Å². The minimum Gasteiger partial charge on any atom is -0.377 e. The van der Waals surface area contributed by atoms with Crippen LogP contribution in [0.25, 0.3) is 10.2 Å². The molecule has 0 fully saturated rings. The number of fused-ring (bicyclic) bond motifs is 1. The Hall–Kier alpha value is -2.28. The van der Waals surface area contributed by atoms with Crippen molar-refractivity contribution in [2.75, 3.05) is 6.54 Å². The molecule has 1 heterocycles. The van der Waals surface area contributed by atoms with Crippen molar-refractivity contribution in [3.05, 3.63) is 63.1 Å². The Balaban J connectivity index is 2.19. The van der Waals surface area contributed by atoms with Crippen LogP contribution < -0.4 is 11.7 Å². The highest BCUT2D eigenvalue weighted by Gasteiger charge is 2.59. The smallest absolute Gasteiger partial charge is 0.332 e. The Morgan fingerprint density at radius 3 is 2.62 bits per heavy atom. The van der Waals surface area contributed by atoms with E-state index in [0.29, 0.717) is 31.6 Å². The maximum absolute atomic E-state index is 15.6. The highest BCUT2D eigenvalue weighted by atomic mass is 79.9. The van der Waals surface area contributed by atoms with E-state index in [2.05, 4.69) is 26.0 Å². The Morgan fingerprint density at radius 2 is 1.97 bits per heavy atom. The number of alkyl halides is 2. The van der Waals surface area contributed by atoms with Crippen molar-refractivity contribution >= 4 is 43.8 Å². The molecule has 0 aliphatic carbocycles. The first kappa shape index (κ1) is 21.4. The molecule has 0 aliphatic rings. The van der Waals surface area contributed by atoms with Gasteiger partial charge in [-0.1, -0.05) is 15.9 Å². The lowest BCUT2D eigenvalue weighted by Gasteiger charge is -2.37. The fourth-order valence-electron chi connectivity index (χ4n) is 2.78. The van der Waals surface area contributed by atoms with Crippen LogP contribution in [-0.2, 0) is 11.5 Å². The summed E-state index contributed by atoms with van der Waals surface area (Å²) in [6, 6.07) is 6.60. The minimum atomic E-state index is -4.11. The quantitative estimate of drug-likeness (QED) is 0.161. The molecule has 12 heteroatoms. The van der Waals surface area contributed by atoms with Crippen molar-refractivity contribution in [3.8, 4) is 0 Å². The van der Waals surface area contributed by atoms with Crippen molar-refractivity contribution in [2.24, 2.45) is 16.8 Å². The number of nitrogens with two attached hydrogens (primary N) is 2. The van der Waals surface area contributed by atoms with E-state index in [1.54, 1.807) is 12.1 Å². The maximum atomic E-state index is 15.6. The molecule has 3 rings (SSSR count). The van der Waals surface area contributed by atoms with Crippen molar-refractivity contribution in [2.45, 2.75) is 11.5 Å². The van der Waals surface area contributed by atoms with Gasteiger partial charge in [0.1, 0.15) is 18.0 Å². The summed E-state index contributed by atoms with van der Waals surface area (Å²) in [5.74, 6) is 4.04. The number of aromatic nitrogens is 1.